The van der Waals surface area contributed by atoms with Gasteiger partial charge in [-0.3, -0.25) is 0 Å². The van der Waals surface area contributed by atoms with Gasteiger partial charge in [-0.05, 0) is 0 Å². The summed E-state index contributed by atoms with van der Waals surface area (Å²) < 4.78 is 20.0. The van der Waals surface area contributed by atoms with E-state index in [-0.39, 0.29) is 0 Å². The van der Waals surface area contributed by atoms with E-state index in [1.807, 2.05) is 0 Å². The average Bonchev–Trinajstić information content (AvgIpc) is 0.811. The van der Waals surface area contributed by atoms with Crippen molar-refractivity contribution < 1.29 is 8.78 Å². The zero-order valence-corrected chi connectivity index (χ0v) is 1.83. The molecule has 0 rings (SSSR count). The average molecular weight is 66.0 g/mol. The second-order valence-electron chi connectivity index (χ2n) is 0.301. The molecule has 0 aromatic carbocycles. The molecular formula is CH2F2N. The maximum atomic E-state index is 10.0. The molecule has 0 aromatic rings. The number of hydrogen-bond donors (Lipinski definition) is 0. The summed E-state index contributed by atoms with van der Waals surface area (Å²) >= 11 is 0. The standard InChI is InChI=1S/CH2F2N/c2-1(3)4/h1,4H. The Hall–Kier alpha value is -0.180. The highest BCUT2D eigenvalue weighted by Crippen LogP contribution is 1.75. The Balaban J connectivity index is 2.32. The maximum absolute atomic E-state index is 10.0. The Kier molecular flexibility index (Phi) is 1.12. The lowest BCUT2D eigenvalue weighted by atomic mass is 11.4. The Morgan fingerprint density at radius 3 is 1.50 bits per heavy atom. The van der Waals surface area contributed by atoms with Gasteiger partial charge < -0.3 is 0 Å². The number of halogens is 2. The molecule has 0 heterocycles. The molecule has 0 aliphatic carbocycles. The minimum Gasteiger partial charge on any atom is -0.194 e. The largest absolute Gasteiger partial charge is 0.304 e. The van der Waals surface area contributed by atoms with Crippen molar-refractivity contribution in [1.29, 1.82) is 0 Å². The van der Waals surface area contributed by atoms with Crippen LogP contribution in [0.1, 0.15) is 0 Å². The molecule has 0 saturated carbocycles. The van der Waals surface area contributed by atoms with Gasteiger partial charge in [-0.25, -0.2) is 0 Å². The predicted octanol–water partition coefficient (Wildman–Crippen LogP) is 0.492. The van der Waals surface area contributed by atoms with Crippen LogP contribution in [0.15, 0.2) is 0 Å². The zero-order valence-electron chi connectivity index (χ0n) is 1.83. The first kappa shape index (κ1) is 3.82. The zero-order chi connectivity index (χ0) is 3.58. The van der Waals surface area contributed by atoms with Gasteiger partial charge in [0.2, 0.25) is 0 Å². The van der Waals surface area contributed by atoms with Gasteiger partial charge in [0.1, 0.15) is 0 Å². The molecule has 0 aromatic heterocycles. The van der Waals surface area contributed by atoms with E-state index in [0.717, 1.165) is 0 Å². The van der Waals surface area contributed by atoms with Crippen molar-refractivity contribution in [3.8, 4) is 0 Å². The minimum atomic E-state index is -2.92. The van der Waals surface area contributed by atoms with Gasteiger partial charge in [-0.15, -0.1) is 0 Å². The van der Waals surface area contributed by atoms with Crippen LogP contribution < -0.4 is 5.73 Å². The molecular weight excluding hydrogens is 64.0 g/mol. The van der Waals surface area contributed by atoms with Gasteiger partial charge in [0, 0.05) is 0 Å². The summed E-state index contributed by atoms with van der Waals surface area (Å²) in [4.78, 5) is 0. The first-order valence-electron chi connectivity index (χ1n) is 0.725. The Morgan fingerprint density at radius 2 is 1.50 bits per heavy atom. The highest BCUT2D eigenvalue weighted by Gasteiger charge is 1.81. The topological polar surface area (TPSA) is 23.8 Å². The van der Waals surface area contributed by atoms with Crippen molar-refractivity contribution >= 4 is 0 Å². The molecule has 0 aliphatic heterocycles. The van der Waals surface area contributed by atoms with Gasteiger partial charge in [-0.2, -0.15) is 14.5 Å². The Bertz CT molecular complexity index is 10.8. The third kappa shape index (κ3) is 37.8. The molecule has 0 aliphatic rings. The van der Waals surface area contributed by atoms with E-state index in [2.05, 4.69) is 0 Å². The molecule has 25 valence electrons. The fourth-order valence-electron chi connectivity index (χ4n) is 0. The molecule has 0 bridgehead atoms. The van der Waals surface area contributed by atoms with Gasteiger partial charge >= 0.3 is 6.55 Å². The van der Waals surface area contributed by atoms with Crippen LogP contribution in [0.3, 0.4) is 0 Å². The lowest BCUT2D eigenvalue weighted by Crippen LogP contribution is -1.83. The van der Waals surface area contributed by atoms with E-state index in [1.54, 1.807) is 0 Å². The van der Waals surface area contributed by atoms with Crippen LogP contribution in [0.5, 0.6) is 0 Å². The van der Waals surface area contributed by atoms with E-state index < -0.39 is 6.55 Å². The monoisotopic (exact) mass is 66.0 g/mol. The van der Waals surface area contributed by atoms with Crippen LogP contribution in [0.2, 0.25) is 0 Å². The summed E-state index contributed by atoms with van der Waals surface area (Å²) in [5, 5.41) is 0. The normalized spacial score (nSPS) is 9.00. The summed E-state index contributed by atoms with van der Waals surface area (Å²) in [5.74, 6) is 0. The molecule has 0 spiro atoms. The summed E-state index contributed by atoms with van der Waals surface area (Å²) in [6, 6.07) is 0. The third-order valence-corrected chi connectivity index (χ3v) is 0. The molecule has 1 nitrogen and oxygen atoms in total. The molecule has 0 fully saturated rings. The molecule has 4 heavy (non-hydrogen) atoms. The minimum absolute atomic E-state index is 2.92. The van der Waals surface area contributed by atoms with Crippen LogP contribution in [0.25, 0.3) is 0 Å². The van der Waals surface area contributed by atoms with Crippen LogP contribution >= 0.6 is 0 Å². The van der Waals surface area contributed by atoms with E-state index in [9.17, 15) is 8.78 Å². The van der Waals surface area contributed by atoms with Gasteiger partial charge in [0.25, 0.3) is 0 Å². The number of nitrogens with one attached hydrogen (secondary N) is 1. The summed E-state index contributed by atoms with van der Waals surface area (Å²) in [6.07, 6.45) is 0. The van der Waals surface area contributed by atoms with E-state index in [1.165, 1.54) is 0 Å². The summed E-state index contributed by atoms with van der Waals surface area (Å²) in [7, 11) is 0. The van der Waals surface area contributed by atoms with E-state index in [4.69, 9.17) is 5.73 Å². The first-order chi connectivity index (χ1) is 1.73. The van der Waals surface area contributed by atoms with Crippen molar-refractivity contribution in [2.75, 3.05) is 0 Å². The predicted molar refractivity (Wildman–Crippen MR) is 9.10 cm³/mol. The Morgan fingerprint density at radius 1 is 1.50 bits per heavy atom. The molecule has 1 radical (unpaired) electrons. The fourth-order valence-corrected chi connectivity index (χ4v) is 0. The van der Waals surface area contributed by atoms with Gasteiger partial charge in [0.05, 0.1) is 0 Å². The first-order valence-corrected chi connectivity index (χ1v) is 0.725. The van der Waals surface area contributed by atoms with E-state index in [0.29, 0.717) is 0 Å². The maximum Gasteiger partial charge on any atom is 0.304 e. The second kappa shape index (κ2) is 1.17. The van der Waals surface area contributed by atoms with Crippen molar-refractivity contribution in [3.05, 3.63) is 0 Å². The third-order valence-electron chi connectivity index (χ3n) is 0. The molecule has 0 atom stereocenters. The van der Waals surface area contributed by atoms with Gasteiger partial charge in [-0.1, -0.05) is 0 Å². The molecule has 0 saturated heterocycles. The van der Waals surface area contributed by atoms with Crippen molar-refractivity contribution in [1.82, 2.24) is 5.73 Å². The molecule has 0 unspecified atom stereocenters. The smallest absolute Gasteiger partial charge is 0.194 e. The lowest BCUT2D eigenvalue weighted by Gasteiger charge is -1.69. The molecule has 3 heteroatoms. The number of rotatable bonds is 0. The number of alkyl halides is 2. The highest BCUT2D eigenvalue weighted by molar-refractivity contribution is 3.97. The van der Waals surface area contributed by atoms with Crippen molar-refractivity contribution in [3.63, 3.8) is 0 Å². The van der Waals surface area contributed by atoms with Crippen LogP contribution in [0.4, 0.5) is 8.78 Å². The highest BCUT2D eigenvalue weighted by atomic mass is 19.3. The van der Waals surface area contributed by atoms with Crippen molar-refractivity contribution in [2.45, 2.75) is 6.55 Å². The van der Waals surface area contributed by atoms with Crippen LogP contribution in [0, 0.1) is 0 Å². The van der Waals surface area contributed by atoms with Crippen LogP contribution in [-0.4, -0.2) is 6.55 Å². The molecule has 0 amide bonds. The van der Waals surface area contributed by atoms with Crippen molar-refractivity contribution in [2.24, 2.45) is 0 Å². The van der Waals surface area contributed by atoms with E-state index >= 15 is 0 Å². The second-order valence-corrected chi connectivity index (χ2v) is 0.301. The number of hydrogen-bond acceptors (Lipinski definition) is 0. The van der Waals surface area contributed by atoms with Crippen LogP contribution in [-0.2, 0) is 0 Å². The fraction of sp³-hybridized carbons (Fsp3) is 1.00. The van der Waals surface area contributed by atoms with Gasteiger partial charge in [0.15, 0.2) is 0 Å². The SMILES string of the molecule is [NH]C(F)F. The summed E-state index contributed by atoms with van der Waals surface area (Å²) in [6.45, 7) is -2.92. The Labute approximate surface area is 22.4 Å². The molecule has 1 N–H and O–H groups in total. The summed E-state index contributed by atoms with van der Waals surface area (Å²) in [5.41, 5.74) is 5.25. The quantitative estimate of drug-likeness (QED) is 0.367. The lowest BCUT2D eigenvalue weighted by molar-refractivity contribution is 0.148.